The molecular formula is C40H75NO5. The summed E-state index contributed by atoms with van der Waals surface area (Å²) in [6.07, 6.45) is 38.7. The summed E-state index contributed by atoms with van der Waals surface area (Å²) in [6.45, 7) is 4.74. The van der Waals surface area contributed by atoms with Crippen molar-refractivity contribution in [3.63, 3.8) is 0 Å². The number of ether oxygens (including phenoxy) is 1. The van der Waals surface area contributed by atoms with Crippen LogP contribution in [-0.2, 0) is 14.3 Å². The lowest BCUT2D eigenvalue weighted by Crippen LogP contribution is -2.45. The summed E-state index contributed by atoms with van der Waals surface area (Å²) in [6, 6.07) is -0.645. The Morgan fingerprint density at radius 2 is 1.04 bits per heavy atom. The van der Waals surface area contributed by atoms with Gasteiger partial charge in [0.05, 0.1) is 25.4 Å². The van der Waals surface area contributed by atoms with Gasteiger partial charge in [0.15, 0.2) is 0 Å². The molecule has 270 valence electrons. The first kappa shape index (κ1) is 44.3. The van der Waals surface area contributed by atoms with E-state index < -0.39 is 12.1 Å². The highest BCUT2D eigenvalue weighted by atomic mass is 16.5. The van der Waals surface area contributed by atoms with Crippen molar-refractivity contribution in [2.24, 2.45) is 0 Å². The average Bonchev–Trinajstić information content (AvgIpc) is 3.05. The Kier molecular flexibility index (Phi) is 34.9. The largest absolute Gasteiger partial charge is 0.466 e. The van der Waals surface area contributed by atoms with Gasteiger partial charge in [-0.15, -0.1) is 0 Å². The number of carbonyl (C=O) groups is 2. The van der Waals surface area contributed by atoms with Gasteiger partial charge in [-0.05, 0) is 51.4 Å². The number of carbonyl (C=O) groups excluding carboxylic acids is 2. The molecule has 0 radical (unpaired) electrons. The van der Waals surface area contributed by atoms with Gasteiger partial charge >= 0.3 is 5.97 Å². The molecule has 0 aliphatic heterocycles. The standard InChI is InChI=1S/C40H75NO5/c1-3-5-7-9-11-13-14-18-22-26-30-34-40(45)46-35-31-27-23-19-15-17-21-25-29-33-39(44)41-37(36-42)38(43)32-28-24-20-16-12-10-8-6-4-2/h9,11,28,32,37-38,42-43H,3-8,10,12-27,29-31,33-36H2,1-2H3,(H,41,44)/b11-9-,32-28+. The Morgan fingerprint density at radius 1 is 0.587 bits per heavy atom. The molecule has 0 fully saturated rings. The predicted octanol–water partition coefficient (Wildman–Crippen LogP) is 10.4. The minimum atomic E-state index is -0.858. The molecule has 46 heavy (non-hydrogen) atoms. The number of unbranched alkanes of at least 4 members (excludes halogenated alkanes) is 22. The number of amides is 1. The molecule has 0 rings (SSSR count). The topological polar surface area (TPSA) is 95.9 Å². The summed E-state index contributed by atoms with van der Waals surface area (Å²) in [4.78, 5) is 24.2. The number of allylic oxidation sites excluding steroid dienone is 3. The molecule has 0 aliphatic carbocycles. The number of aliphatic hydroxyl groups excluding tert-OH is 2. The molecule has 0 aromatic heterocycles. The van der Waals surface area contributed by atoms with E-state index >= 15 is 0 Å². The Balaban J connectivity index is 3.55. The van der Waals surface area contributed by atoms with Crippen LogP contribution < -0.4 is 5.32 Å². The van der Waals surface area contributed by atoms with E-state index in [1.807, 2.05) is 6.08 Å². The normalized spacial score (nSPS) is 13.0. The molecule has 2 unspecified atom stereocenters. The first-order valence-corrected chi connectivity index (χ1v) is 19.6. The minimum Gasteiger partial charge on any atom is -0.466 e. The van der Waals surface area contributed by atoms with Crippen molar-refractivity contribution in [3.8, 4) is 0 Å². The van der Waals surface area contributed by atoms with Crippen LogP contribution in [0.3, 0.4) is 0 Å². The highest BCUT2D eigenvalue weighted by Gasteiger charge is 2.17. The molecule has 3 N–H and O–H groups in total. The SMILES string of the molecule is CCCC/C=C\CCCCCCCC(=O)OCCCCCCCCCCCC(=O)NC(CO)C(O)/C=C/CCCCCCCCC. The van der Waals surface area contributed by atoms with Crippen LogP contribution in [0.1, 0.15) is 194 Å². The Labute approximate surface area is 284 Å². The summed E-state index contributed by atoms with van der Waals surface area (Å²) < 4.78 is 5.40. The zero-order valence-electron chi connectivity index (χ0n) is 30.3. The lowest BCUT2D eigenvalue weighted by molar-refractivity contribution is -0.143. The van der Waals surface area contributed by atoms with Gasteiger partial charge in [-0.3, -0.25) is 9.59 Å². The van der Waals surface area contributed by atoms with Gasteiger partial charge in [-0.1, -0.05) is 154 Å². The summed E-state index contributed by atoms with van der Waals surface area (Å²) in [5.41, 5.74) is 0. The number of rotatable bonds is 35. The van der Waals surface area contributed by atoms with Gasteiger partial charge in [-0.2, -0.15) is 0 Å². The van der Waals surface area contributed by atoms with Crippen LogP contribution in [0.4, 0.5) is 0 Å². The van der Waals surface area contributed by atoms with E-state index in [2.05, 4.69) is 31.3 Å². The van der Waals surface area contributed by atoms with Crippen LogP contribution >= 0.6 is 0 Å². The van der Waals surface area contributed by atoms with E-state index in [9.17, 15) is 19.8 Å². The number of hydrogen-bond donors (Lipinski definition) is 3. The van der Waals surface area contributed by atoms with Crippen LogP contribution in [0, 0.1) is 0 Å². The molecule has 6 heteroatoms. The minimum absolute atomic E-state index is 0.0403. The fourth-order valence-electron chi connectivity index (χ4n) is 5.61. The van der Waals surface area contributed by atoms with Crippen molar-refractivity contribution < 1.29 is 24.5 Å². The van der Waals surface area contributed by atoms with E-state index in [0.29, 0.717) is 19.4 Å². The zero-order chi connectivity index (χ0) is 33.8. The van der Waals surface area contributed by atoms with Crippen molar-refractivity contribution in [1.82, 2.24) is 5.32 Å². The second kappa shape index (κ2) is 36.2. The first-order chi connectivity index (χ1) is 22.5. The zero-order valence-corrected chi connectivity index (χ0v) is 30.3. The van der Waals surface area contributed by atoms with Crippen LogP contribution in [0.5, 0.6) is 0 Å². The summed E-state index contributed by atoms with van der Waals surface area (Å²) >= 11 is 0. The number of aliphatic hydroxyl groups is 2. The maximum Gasteiger partial charge on any atom is 0.305 e. The van der Waals surface area contributed by atoms with Crippen molar-refractivity contribution in [1.29, 1.82) is 0 Å². The molecule has 0 saturated carbocycles. The maximum absolute atomic E-state index is 12.3. The maximum atomic E-state index is 12.3. The summed E-state index contributed by atoms with van der Waals surface area (Å²) in [7, 11) is 0. The molecule has 0 bridgehead atoms. The molecular weight excluding hydrogens is 574 g/mol. The fraction of sp³-hybridized carbons (Fsp3) is 0.850. The van der Waals surface area contributed by atoms with Crippen LogP contribution in [0.2, 0.25) is 0 Å². The fourth-order valence-corrected chi connectivity index (χ4v) is 5.61. The first-order valence-electron chi connectivity index (χ1n) is 19.6. The van der Waals surface area contributed by atoms with Crippen LogP contribution in [0.25, 0.3) is 0 Å². The summed E-state index contributed by atoms with van der Waals surface area (Å²) in [5, 5.41) is 22.8. The third kappa shape index (κ3) is 32.3. The van der Waals surface area contributed by atoms with E-state index in [0.717, 1.165) is 57.8 Å². The molecule has 0 saturated heterocycles. The van der Waals surface area contributed by atoms with Crippen LogP contribution in [0.15, 0.2) is 24.3 Å². The third-order valence-corrected chi connectivity index (χ3v) is 8.72. The van der Waals surface area contributed by atoms with Crippen molar-refractivity contribution in [3.05, 3.63) is 24.3 Å². The molecule has 6 nitrogen and oxygen atoms in total. The average molecular weight is 650 g/mol. The number of nitrogens with one attached hydrogen (secondary N) is 1. The van der Waals surface area contributed by atoms with Crippen molar-refractivity contribution in [2.45, 2.75) is 206 Å². The molecule has 0 aromatic rings. The quantitative estimate of drug-likeness (QED) is 0.0361. The number of esters is 1. The molecule has 2 atom stereocenters. The molecule has 1 amide bonds. The third-order valence-electron chi connectivity index (χ3n) is 8.72. The lowest BCUT2D eigenvalue weighted by Gasteiger charge is -2.20. The molecule has 0 spiro atoms. The molecule has 0 heterocycles. The monoisotopic (exact) mass is 650 g/mol. The van der Waals surface area contributed by atoms with Gasteiger partial charge < -0.3 is 20.3 Å². The Hall–Kier alpha value is -1.66. The van der Waals surface area contributed by atoms with E-state index in [4.69, 9.17) is 4.74 Å². The Bertz CT molecular complexity index is 722. The van der Waals surface area contributed by atoms with Crippen molar-refractivity contribution >= 4 is 11.9 Å². The second-order valence-corrected chi connectivity index (χ2v) is 13.3. The molecule has 0 aliphatic rings. The predicted molar refractivity (Wildman–Crippen MR) is 195 cm³/mol. The van der Waals surface area contributed by atoms with Gasteiger partial charge in [0.25, 0.3) is 0 Å². The summed E-state index contributed by atoms with van der Waals surface area (Å²) in [5.74, 6) is -0.141. The van der Waals surface area contributed by atoms with Gasteiger partial charge in [0.2, 0.25) is 5.91 Å². The Morgan fingerprint density at radius 3 is 1.61 bits per heavy atom. The van der Waals surface area contributed by atoms with Gasteiger partial charge in [0, 0.05) is 12.8 Å². The molecule has 0 aromatic carbocycles. The smallest absolute Gasteiger partial charge is 0.305 e. The van der Waals surface area contributed by atoms with E-state index in [-0.39, 0.29) is 18.5 Å². The lowest BCUT2D eigenvalue weighted by atomic mass is 10.1. The van der Waals surface area contributed by atoms with Gasteiger partial charge in [-0.25, -0.2) is 0 Å². The highest BCUT2D eigenvalue weighted by Crippen LogP contribution is 2.13. The van der Waals surface area contributed by atoms with Gasteiger partial charge in [0.1, 0.15) is 0 Å². The second-order valence-electron chi connectivity index (χ2n) is 13.3. The van der Waals surface area contributed by atoms with Crippen LogP contribution in [-0.4, -0.2) is 47.4 Å². The van der Waals surface area contributed by atoms with E-state index in [1.54, 1.807) is 6.08 Å². The van der Waals surface area contributed by atoms with E-state index in [1.165, 1.54) is 109 Å². The highest BCUT2D eigenvalue weighted by molar-refractivity contribution is 5.76. The van der Waals surface area contributed by atoms with Crippen molar-refractivity contribution in [2.75, 3.05) is 13.2 Å². The number of hydrogen-bond acceptors (Lipinski definition) is 5.